The van der Waals surface area contributed by atoms with Crippen LogP contribution in [0.15, 0.2) is 29.2 Å². The smallest absolute Gasteiger partial charge is 0.209 e. The van der Waals surface area contributed by atoms with Gasteiger partial charge in [-0.1, -0.05) is 0 Å². The van der Waals surface area contributed by atoms with Gasteiger partial charge in [-0.2, -0.15) is 5.26 Å². The van der Waals surface area contributed by atoms with Crippen LogP contribution < -0.4 is 4.72 Å². The Labute approximate surface area is 89.6 Å². The molecule has 0 aliphatic rings. The lowest BCUT2D eigenvalue weighted by Gasteiger charge is -2.08. The van der Waals surface area contributed by atoms with E-state index < -0.39 is 10.0 Å². The monoisotopic (exact) mass is 224 g/mol. The Morgan fingerprint density at radius 2 is 1.80 bits per heavy atom. The first-order valence-corrected chi connectivity index (χ1v) is 5.96. The van der Waals surface area contributed by atoms with E-state index in [0.717, 1.165) is 0 Å². The van der Waals surface area contributed by atoms with Crippen LogP contribution in [0, 0.1) is 11.3 Å². The summed E-state index contributed by atoms with van der Waals surface area (Å²) in [6.07, 6.45) is 0. The van der Waals surface area contributed by atoms with Gasteiger partial charge < -0.3 is 0 Å². The third-order valence-electron chi connectivity index (χ3n) is 1.68. The second-order valence-electron chi connectivity index (χ2n) is 3.41. The van der Waals surface area contributed by atoms with Gasteiger partial charge in [-0.05, 0) is 38.1 Å². The standard InChI is InChI=1S/C10H12N2O2S/c1-8(2)12-15(13,14)10-5-3-9(7-11)4-6-10/h3-6,8,12H,1-2H3. The van der Waals surface area contributed by atoms with Crippen LogP contribution in [-0.2, 0) is 10.0 Å². The molecule has 0 fully saturated rings. The van der Waals surface area contributed by atoms with Gasteiger partial charge in [0.2, 0.25) is 10.0 Å². The predicted octanol–water partition coefficient (Wildman–Crippen LogP) is 1.24. The Bertz CT molecular complexity index is 469. The number of sulfonamides is 1. The highest BCUT2D eigenvalue weighted by molar-refractivity contribution is 7.89. The van der Waals surface area contributed by atoms with Crippen LogP contribution in [0.2, 0.25) is 0 Å². The number of benzene rings is 1. The maximum Gasteiger partial charge on any atom is 0.240 e. The summed E-state index contributed by atoms with van der Waals surface area (Å²) in [4.78, 5) is 0.176. The normalized spacial score (nSPS) is 11.3. The van der Waals surface area contributed by atoms with E-state index in [2.05, 4.69) is 4.72 Å². The molecule has 0 bridgehead atoms. The topological polar surface area (TPSA) is 70.0 Å². The van der Waals surface area contributed by atoms with Crippen LogP contribution in [0.3, 0.4) is 0 Å². The number of nitrogens with zero attached hydrogens (tertiary/aromatic N) is 1. The molecule has 0 spiro atoms. The van der Waals surface area contributed by atoms with E-state index >= 15 is 0 Å². The third kappa shape index (κ3) is 3.05. The van der Waals surface area contributed by atoms with Crippen molar-refractivity contribution in [1.82, 2.24) is 4.72 Å². The van der Waals surface area contributed by atoms with E-state index in [4.69, 9.17) is 5.26 Å². The molecule has 0 atom stereocenters. The molecule has 0 saturated heterocycles. The number of nitriles is 1. The van der Waals surface area contributed by atoms with Gasteiger partial charge in [0.1, 0.15) is 0 Å². The number of hydrogen-bond acceptors (Lipinski definition) is 3. The van der Waals surface area contributed by atoms with E-state index in [0.29, 0.717) is 5.56 Å². The van der Waals surface area contributed by atoms with Crippen LogP contribution in [0.25, 0.3) is 0 Å². The molecule has 15 heavy (non-hydrogen) atoms. The van der Waals surface area contributed by atoms with Crippen molar-refractivity contribution in [2.24, 2.45) is 0 Å². The molecule has 4 nitrogen and oxygen atoms in total. The van der Waals surface area contributed by atoms with E-state index in [1.165, 1.54) is 24.3 Å². The summed E-state index contributed by atoms with van der Waals surface area (Å²) in [5.74, 6) is 0. The lowest BCUT2D eigenvalue weighted by Crippen LogP contribution is -2.30. The fourth-order valence-electron chi connectivity index (χ4n) is 1.09. The van der Waals surface area contributed by atoms with Crippen molar-refractivity contribution < 1.29 is 8.42 Å². The maximum atomic E-state index is 11.6. The van der Waals surface area contributed by atoms with Crippen LogP contribution >= 0.6 is 0 Å². The van der Waals surface area contributed by atoms with Crippen LogP contribution in [0.4, 0.5) is 0 Å². The number of nitrogens with one attached hydrogen (secondary N) is 1. The maximum absolute atomic E-state index is 11.6. The van der Waals surface area contributed by atoms with Crippen molar-refractivity contribution in [1.29, 1.82) is 5.26 Å². The molecule has 1 aromatic carbocycles. The van der Waals surface area contributed by atoms with Crippen molar-refractivity contribution in [3.05, 3.63) is 29.8 Å². The minimum absolute atomic E-state index is 0.148. The van der Waals surface area contributed by atoms with Crippen LogP contribution in [-0.4, -0.2) is 14.5 Å². The molecule has 0 saturated carbocycles. The first-order chi connectivity index (χ1) is 6.95. The lowest BCUT2D eigenvalue weighted by molar-refractivity contribution is 0.570. The molecule has 0 radical (unpaired) electrons. The largest absolute Gasteiger partial charge is 0.240 e. The van der Waals surface area contributed by atoms with Gasteiger partial charge in [0.15, 0.2) is 0 Å². The van der Waals surface area contributed by atoms with E-state index in [1.54, 1.807) is 13.8 Å². The van der Waals surface area contributed by atoms with Crippen molar-refractivity contribution in [2.45, 2.75) is 24.8 Å². The van der Waals surface area contributed by atoms with E-state index in [-0.39, 0.29) is 10.9 Å². The van der Waals surface area contributed by atoms with Gasteiger partial charge in [0, 0.05) is 6.04 Å². The van der Waals surface area contributed by atoms with Crippen LogP contribution in [0.5, 0.6) is 0 Å². The molecule has 5 heteroatoms. The van der Waals surface area contributed by atoms with Gasteiger partial charge >= 0.3 is 0 Å². The molecule has 1 rings (SSSR count). The Morgan fingerprint density at radius 1 is 1.27 bits per heavy atom. The summed E-state index contributed by atoms with van der Waals surface area (Å²) >= 11 is 0. The molecule has 0 heterocycles. The Kier molecular flexibility index (Phi) is 3.45. The summed E-state index contributed by atoms with van der Waals surface area (Å²) in [5, 5.41) is 8.56. The van der Waals surface area contributed by atoms with Gasteiger partial charge in [0.25, 0.3) is 0 Å². The highest BCUT2D eigenvalue weighted by Crippen LogP contribution is 2.10. The Balaban J connectivity index is 3.02. The highest BCUT2D eigenvalue weighted by atomic mass is 32.2. The second kappa shape index (κ2) is 4.43. The molecule has 0 amide bonds. The lowest BCUT2D eigenvalue weighted by atomic mass is 10.2. The summed E-state index contributed by atoms with van der Waals surface area (Å²) in [6, 6.07) is 7.59. The minimum Gasteiger partial charge on any atom is -0.209 e. The molecule has 0 aliphatic heterocycles. The van der Waals surface area contributed by atoms with E-state index in [1.807, 2.05) is 6.07 Å². The van der Waals surface area contributed by atoms with Crippen LogP contribution in [0.1, 0.15) is 19.4 Å². The highest BCUT2D eigenvalue weighted by Gasteiger charge is 2.14. The minimum atomic E-state index is -3.44. The van der Waals surface area contributed by atoms with Gasteiger partial charge in [-0.25, -0.2) is 13.1 Å². The average molecular weight is 224 g/mol. The Morgan fingerprint density at radius 3 is 2.20 bits per heavy atom. The fraction of sp³-hybridized carbons (Fsp3) is 0.300. The zero-order chi connectivity index (χ0) is 11.5. The van der Waals surface area contributed by atoms with Gasteiger partial charge in [-0.15, -0.1) is 0 Å². The molecule has 0 aliphatic carbocycles. The third-order valence-corrected chi connectivity index (χ3v) is 3.36. The van der Waals surface area contributed by atoms with Crippen molar-refractivity contribution in [3.63, 3.8) is 0 Å². The molecular formula is C10H12N2O2S. The molecule has 80 valence electrons. The summed E-state index contributed by atoms with van der Waals surface area (Å²) in [5.41, 5.74) is 0.443. The van der Waals surface area contributed by atoms with Crippen molar-refractivity contribution in [3.8, 4) is 6.07 Å². The first kappa shape index (κ1) is 11.7. The molecular weight excluding hydrogens is 212 g/mol. The zero-order valence-electron chi connectivity index (χ0n) is 8.56. The second-order valence-corrected chi connectivity index (χ2v) is 5.13. The SMILES string of the molecule is CC(C)NS(=O)(=O)c1ccc(C#N)cc1. The molecule has 0 unspecified atom stereocenters. The quantitative estimate of drug-likeness (QED) is 0.839. The number of hydrogen-bond donors (Lipinski definition) is 1. The number of rotatable bonds is 3. The average Bonchev–Trinajstić information content (AvgIpc) is 2.16. The summed E-state index contributed by atoms with van der Waals surface area (Å²) in [6.45, 7) is 3.50. The molecule has 0 aromatic heterocycles. The van der Waals surface area contributed by atoms with E-state index in [9.17, 15) is 8.42 Å². The summed E-state index contributed by atoms with van der Waals surface area (Å²) in [7, 11) is -3.44. The molecule has 1 aromatic rings. The molecule has 1 N–H and O–H groups in total. The summed E-state index contributed by atoms with van der Waals surface area (Å²) < 4.78 is 25.8. The van der Waals surface area contributed by atoms with Crippen molar-refractivity contribution in [2.75, 3.05) is 0 Å². The van der Waals surface area contributed by atoms with Crippen molar-refractivity contribution >= 4 is 10.0 Å². The van der Waals surface area contributed by atoms with Gasteiger partial charge in [-0.3, -0.25) is 0 Å². The zero-order valence-corrected chi connectivity index (χ0v) is 9.38. The first-order valence-electron chi connectivity index (χ1n) is 4.48. The fourth-order valence-corrected chi connectivity index (χ4v) is 2.34. The predicted molar refractivity (Wildman–Crippen MR) is 56.6 cm³/mol. The van der Waals surface area contributed by atoms with Gasteiger partial charge in [0.05, 0.1) is 16.5 Å². The Hall–Kier alpha value is -1.38.